The lowest BCUT2D eigenvalue weighted by atomic mass is 9.95. The molecule has 2 rings (SSSR count). The maximum atomic E-state index is 13.0. The lowest BCUT2D eigenvalue weighted by Crippen LogP contribution is -2.54. The Kier molecular flexibility index (Phi) is 8.89. The molecule has 31 heavy (non-hydrogen) atoms. The van der Waals surface area contributed by atoms with E-state index in [9.17, 15) is 9.59 Å². The molecular weight excluding hydrogens is 406 g/mol. The molecule has 1 aromatic carbocycles. The molecule has 0 bridgehead atoms. The Labute approximate surface area is 189 Å². The number of carbonyl (C=O) groups is 2. The molecule has 1 aliphatic rings. The van der Waals surface area contributed by atoms with Gasteiger partial charge in [-0.2, -0.15) is 0 Å². The third kappa shape index (κ3) is 5.40. The highest BCUT2D eigenvalue weighted by atomic mass is 28.4. The van der Waals surface area contributed by atoms with Crippen LogP contribution in [0.5, 0.6) is 0 Å². The van der Waals surface area contributed by atoms with Crippen LogP contribution < -0.4 is 0 Å². The first-order valence-electron chi connectivity index (χ1n) is 11.8. The van der Waals surface area contributed by atoms with Gasteiger partial charge in [-0.05, 0) is 28.1 Å². The Morgan fingerprint density at radius 1 is 1.03 bits per heavy atom. The van der Waals surface area contributed by atoms with Crippen LogP contribution in [0.3, 0.4) is 0 Å². The highest BCUT2D eigenvalue weighted by Crippen LogP contribution is 2.45. The van der Waals surface area contributed by atoms with Gasteiger partial charge in [-0.25, -0.2) is 9.69 Å². The number of ether oxygens (including phenoxy) is 1. The summed E-state index contributed by atoms with van der Waals surface area (Å²) in [4.78, 5) is 27.4. The maximum Gasteiger partial charge on any atom is 0.417 e. The van der Waals surface area contributed by atoms with Gasteiger partial charge in [0.25, 0.3) is 0 Å². The molecule has 6 heteroatoms. The van der Waals surface area contributed by atoms with Crippen molar-refractivity contribution in [3.05, 3.63) is 35.9 Å². The van der Waals surface area contributed by atoms with E-state index in [1.165, 1.54) is 4.90 Å². The van der Waals surface area contributed by atoms with E-state index < -0.39 is 14.4 Å². The summed E-state index contributed by atoms with van der Waals surface area (Å²) in [6, 6.07) is 9.26. The number of likely N-dealkylation sites (tertiary alicyclic amines) is 1. The summed E-state index contributed by atoms with van der Waals surface area (Å²) < 4.78 is 12.6. The standard InChI is InChI=1S/C25H41NO4Si/c1-9-20(8)24-22(30-31(17(2)3,18(4)5)19(6)7)15-23(27)26(24)25(28)29-16-21-13-11-10-12-14-21/h10-14,17-20,22,24H,9,15-16H2,1-8H3/t20-,22?,24+/m0/s1. The first-order chi connectivity index (χ1) is 14.6. The molecule has 1 saturated heterocycles. The molecular formula is C25H41NO4Si. The van der Waals surface area contributed by atoms with Crippen LogP contribution in [0.15, 0.2) is 30.3 Å². The van der Waals surface area contributed by atoms with Crippen molar-refractivity contribution >= 4 is 20.3 Å². The summed E-state index contributed by atoms with van der Waals surface area (Å²) in [6.45, 7) is 17.8. The molecule has 1 heterocycles. The third-order valence-corrected chi connectivity index (χ3v) is 13.1. The number of hydrogen-bond acceptors (Lipinski definition) is 4. The van der Waals surface area contributed by atoms with Crippen LogP contribution in [0.1, 0.15) is 73.8 Å². The third-order valence-electron chi connectivity index (χ3n) is 7.01. The molecule has 1 unspecified atom stereocenters. The Bertz CT molecular complexity index is 713. The first-order valence-corrected chi connectivity index (χ1v) is 13.9. The van der Waals surface area contributed by atoms with E-state index in [-0.39, 0.29) is 37.0 Å². The molecule has 0 saturated carbocycles. The highest BCUT2D eigenvalue weighted by molar-refractivity contribution is 6.77. The summed E-state index contributed by atoms with van der Waals surface area (Å²) in [5, 5.41) is 0. The van der Waals surface area contributed by atoms with Crippen LogP contribution in [0, 0.1) is 5.92 Å². The van der Waals surface area contributed by atoms with Crippen LogP contribution >= 0.6 is 0 Å². The summed E-state index contributed by atoms with van der Waals surface area (Å²) in [7, 11) is -2.19. The zero-order valence-corrected chi connectivity index (χ0v) is 21.6. The van der Waals surface area contributed by atoms with Crippen molar-refractivity contribution in [2.45, 2.75) is 104 Å². The van der Waals surface area contributed by atoms with Gasteiger partial charge in [0.2, 0.25) is 14.2 Å². The van der Waals surface area contributed by atoms with E-state index in [2.05, 4.69) is 55.4 Å². The average molecular weight is 448 g/mol. The fraction of sp³-hybridized carbons (Fsp3) is 0.680. The second-order valence-electron chi connectivity index (χ2n) is 9.86. The second kappa shape index (κ2) is 10.8. The van der Waals surface area contributed by atoms with E-state index in [0.29, 0.717) is 16.6 Å². The van der Waals surface area contributed by atoms with E-state index in [4.69, 9.17) is 9.16 Å². The number of imide groups is 1. The predicted molar refractivity (Wildman–Crippen MR) is 127 cm³/mol. The summed E-state index contributed by atoms with van der Waals surface area (Å²) in [5.41, 5.74) is 2.15. The monoisotopic (exact) mass is 447 g/mol. The SMILES string of the molecule is CC[C@H](C)[C@@H]1C(O[Si](C(C)C)(C(C)C)C(C)C)CC(=O)N1C(=O)OCc1ccccc1. The zero-order valence-electron chi connectivity index (χ0n) is 20.6. The molecule has 1 fully saturated rings. The van der Waals surface area contributed by atoms with Crippen LogP contribution in [-0.4, -0.2) is 37.4 Å². The van der Waals surface area contributed by atoms with Crippen LogP contribution in [0.2, 0.25) is 16.6 Å². The number of carbonyl (C=O) groups excluding carboxylic acids is 2. The lowest BCUT2D eigenvalue weighted by Gasteiger charge is -2.45. The fourth-order valence-electron chi connectivity index (χ4n) is 5.38. The van der Waals surface area contributed by atoms with E-state index in [1.807, 2.05) is 30.3 Å². The number of amides is 2. The van der Waals surface area contributed by atoms with Crippen molar-refractivity contribution in [1.29, 1.82) is 0 Å². The highest BCUT2D eigenvalue weighted by Gasteiger charge is 2.53. The van der Waals surface area contributed by atoms with Crippen molar-refractivity contribution in [3.8, 4) is 0 Å². The van der Waals surface area contributed by atoms with Crippen LogP contribution in [0.4, 0.5) is 4.79 Å². The predicted octanol–water partition coefficient (Wildman–Crippen LogP) is 6.53. The van der Waals surface area contributed by atoms with E-state index >= 15 is 0 Å². The minimum absolute atomic E-state index is 0.138. The van der Waals surface area contributed by atoms with E-state index in [1.54, 1.807) is 0 Å². The number of benzene rings is 1. The molecule has 0 radical (unpaired) electrons. The Balaban J connectivity index is 2.29. The van der Waals surface area contributed by atoms with Crippen LogP contribution in [-0.2, 0) is 20.6 Å². The second-order valence-corrected chi connectivity index (χ2v) is 15.3. The van der Waals surface area contributed by atoms with Crippen molar-refractivity contribution in [3.63, 3.8) is 0 Å². The van der Waals surface area contributed by atoms with Gasteiger partial charge in [0, 0.05) is 0 Å². The van der Waals surface area contributed by atoms with Gasteiger partial charge >= 0.3 is 6.09 Å². The largest absolute Gasteiger partial charge is 0.444 e. The van der Waals surface area contributed by atoms with Gasteiger partial charge in [-0.1, -0.05) is 92.1 Å². The summed E-state index contributed by atoms with van der Waals surface area (Å²) in [5.74, 6) is -0.0496. The molecule has 0 N–H and O–H groups in total. The maximum absolute atomic E-state index is 13.0. The lowest BCUT2D eigenvalue weighted by molar-refractivity contribution is -0.127. The minimum Gasteiger partial charge on any atom is -0.444 e. The zero-order chi connectivity index (χ0) is 23.3. The van der Waals surface area contributed by atoms with Gasteiger partial charge in [0.05, 0.1) is 18.6 Å². The number of nitrogens with zero attached hydrogens (tertiary/aromatic N) is 1. The van der Waals surface area contributed by atoms with Crippen molar-refractivity contribution in [2.75, 3.05) is 0 Å². The van der Waals surface area contributed by atoms with Crippen molar-refractivity contribution in [1.82, 2.24) is 4.90 Å². The Morgan fingerprint density at radius 3 is 2.06 bits per heavy atom. The first kappa shape index (κ1) is 25.6. The van der Waals surface area contributed by atoms with Gasteiger partial charge in [-0.3, -0.25) is 4.79 Å². The van der Waals surface area contributed by atoms with Crippen molar-refractivity contribution < 1.29 is 18.8 Å². The normalized spacial score (nSPS) is 20.7. The number of hydrogen-bond donors (Lipinski definition) is 0. The summed E-state index contributed by atoms with van der Waals surface area (Å²) in [6.07, 6.45) is 0.276. The molecule has 2 amide bonds. The molecule has 0 aliphatic carbocycles. The van der Waals surface area contributed by atoms with E-state index in [0.717, 1.165) is 12.0 Å². The average Bonchev–Trinajstić information content (AvgIpc) is 3.05. The molecule has 174 valence electrons. The minimum atomic E-state index is -2.19. The topological polar surface area (TPSA) is 55.8 Å². The number of rotatable bonds is 9. The molecule has 3 atom stereocenters. The molecule has 0 aromatic heterocycles. The summed E-state index contributed by atoms with van der Waals surface area (Å²) >= 11 is 0. The van der Waals surface area contributed by atoms with Gasteiger partial charge in [0.1, 0.15) is 6.61 Å². The molecule has 5 nitrogen and oxygen atoms in total. The van der Waals surface area contributed by atoms with Gasteiger partial charge in [-0.15, -0.1) is 0 Å². The fourth-order valence-corrected chi connectivity index (χ4v) is 10.9. The Morgan fingerprint density at radius 2 is 1.58 bits per heavy atom. The smallest absolute Gasteiger partial charge is 0.417 e. The van der Waals surface area contributed by atoms with Gasteiger partial charge in [0.15, 0.2) is 0 Å². The van der Waals surface area contributed by atoms with Crippen molar-refractivity contribution in [2.24, 2.45) is 5.92 Å². The molecule has 0 spiro atoms. The van der Waals surface area contributed by atoms with Crippen LogP contribution in [0.25, 0.3) is 0 Å². The molecule has 1 aromatic rings. The Hall–Kier alpha value is -1.66. The molecule has 1 aliphatic heterocycles. The van der Waals surface area contributed by atoms with Gasteiger partial charge < -0.3 is 9.16 Å². The quantitative estimate of drug-likeness (QED) is 0.404.